The molecule has 2 fully saturated rings. The van der Waals surface area contributed by atoms with E-state index in [4.69, 9.17) is 0 Å². The summed E-state index contributed by atoms with van der Waals surface area (Å²) in [6.07, 6.45) is 7.31. The maximum atomic E-state index is 13.0. The summed E-state index contributed by atoms with van der Waals surface area (Å²) in [4.78, 5) is 36.3. The Bertz CT molecular complexity index is 1230. The summed E-state index contributed by atoms with van der Waals surface area (Å²) in [5.41, 5.74) is 3.35. The van der Waals surface area contributed by atoms with Crippen molar-refractivity contribution in [3.05, 3.63) is 67.0 Å². The third kappa shape index (κ3) is 4.24. The number of rotatable bonds is 5. The van der Waals surface area contributed by atoms with Crippen molar-refractivity contribution in [2.45, 2.75) is 43.8 Å². The van der Waals surface area contributed by atoms with E-state index in [9.17, 15) is 9.59 Å². The predicted octanol–water partition coefficient (Wildman–Crippen LogP) is 3.78. The molecule has 168 valence electrons. The van der Waals surface area contributed by atoms with Gasteiger partial charge in [0.05, 0.1) is 16.9 Å². The number of pyridine rings is 2. The molecule has 1 aromatic carbocycles. The fourth-order valence-electron chi connectivity index (χ4n) is 5.11. The van der Waals surface area contributed by atoms with Crippen LogP contribution < -0.4 is 10.6 Å². The van der Waals surface area contributed by atoms with Gasteiger partial charge in [-0.15, -0.1) is 0 Å². The van der Waals surface area contributed by atoms with Gasteiger partial charge in [-0.05, 0) is 69.1 Å². The van der Waals surface area contributed by atoms with Gasteiger partial charge in [0, 0.05) is 35.3 Å². The Morgan fingerprint density at radius 2 is 1.91 bits per heavy atom. The monoisotopic (exact) mass is 441 g/mol. The standard InChI is InChI=1S/C26H27N5O2/c1-3-25(32)30-23-11-12-27-22-10-7-16(13-20(22)23)21-5-4-6-24(29-21)26(33)28-17-14-18-8-9-19(15-17)31(18)2/h3-7,10-13,17-19H,1,8-9,14-15H2,2H3,(H,28,33)(H,27,30,32). The van der Waals surface area contributed by atoms with Crippen molar-refractivity contribution in [3.63, 3.8) is 0 Å². The number of hydrogen-bond donors (Lipinski definition) is 2. The SMILES string of the molecule is C=CC(=O)Nc1ccnc2ccc(-c3cccc(C(=O)NC4CC5CCC(C4)N5C)n3)cc12. The Balaban J connectivity index is 1.38. The molecule has 0 aliphatic carbocycles. The molecule has 2 N–H and O–H groups in total. The van der Waals surface area contributed by atoms with E-state index in [1.165, 1.54) is 18.9 Å². The minimum Gasteiger partial charge on any atom is -0.348 e. The highest BCUT2D eigenvalue weighted by Gasteiger charge is 2.38. The average Bonchev–Trinajstić information content (AvgIpc) is 3.04. The summed E-state index contributed by atoms with van der Waals surface area (Å²) >= 11 is 0. The predicted molar refractivity (Wildman–Crippen MR) is 129 cm³/mol. The van der Waals surface area contributed by atoms with Crippen LogP contribution >= 0.6 is 0 Å². The van der Waals surface area contributed by atoms with Gasteiger partial charge in [-0.25, -0.2) is 4.98 Å². The van der Waals surface area contributed by atoms with Gasteiger partial charge in [-0.1, -0.05) is 18.7 Å². The first-order valence-electron chi connectivity index (χ1n) is 11.3. The normalized spacial score (nSPS) is 22.2. The van der Waals surface area contributed by atoms with Crippen LogP contribution in [-0.4, -0.2) is 51.9 Å². The third-order valence-electron chi connectivity index (χ3n) is 6.90. The lowest BCUT2D eigenvalue weighted by Crippen LogP contribution is -2.48. The number of nitrogens with zero attached hydrogens (tertiary/aromatic N) is 3. The molecule has 2 unspecified atom stereocenters. The van der Waals surface area contributed by atoms with Gasteiger partial charge in [-0.3, -0.25) is 14.6 Å². The summed E-state index contributed by atoms with van der Waals surface area (Å²) in [7, 11) is 2.19. The van der Waals surface area contributed by atoms with Crippen molar-refractivity contribution in [2.24, 2.45) is 0 Å². The number of fused-ring (bicyclic) bond motifs is 3. The minimum absolute atomic E-state index is 0.132. The molecule has 2 aromatic heterocycles. The van der Waals surface area contributed by atoms with E-state index in [1.54, 1.807) is 18.3 Å². The molecule has 2 atom stereocenters. The molecule has 2 saturated heterocycles. The fraction of sp³-hybridized carbons (Fsp3) is 0.308. The zero-order valence-corrected chi connectivity index (χ0v) is 18.6. The van der Waals surface area contributed by atoms with E-state index < -0.39 is 0 Å². The van der Waals surface area contributed by atoms with Crippen LogP contribution in [0.4, 0.5) is 5.69 Å². The molecular formula is C26H27N5O2. The molecule has 7 nitrogen and oxygen atoms in total. The van der Waals surface area contributed by atoms with Gasteiger partial charge in [0.1, 0.15) is 5.69 Å². The molecule has 7 heteroatoms. The highest BCUT2D eigenvalue weighted by molar-refractivity contribution is 6.05. The second-order valence-electron chi connectivity index (χ2n) is 8.88. The first kappa shape index (κ1) is 21.3. The summed E-state index contributed by atoms with van der Waals surface area (Å²) < 4.78 is 0. The largest absolute Gasteiger partial charge is 0.348 e. The van der Waals surface area contributed by atoms with Crippen LogP contribution in [0.15, 0.2) is 61.3 Å². The number of carbonyl (C=O) groups is 2. The van der Waals surface area contributed by atoms with Crippen LogP contribution in [-0.2, 0) is 4.79 Å². The zero-order valence-electron chi connectivity index (χ0n) is 18.6. The topological polar surface area (TPSA) is 87.2 Å². The quantitative estimate of drug-likeness (QED) is 0.589. The number of carbonyl (C=O) groups excluding carboxylic acids is 2. The minimum atomic E-state index is -0.285. The van der Waals surface area contributed by atoms with E-state index in [2.05, 4.69) is 39.1 Å². The lowest BCUT2D eigenvalue weighted by atomic mass is 9.98. The van der Waals surface area contributed by atoms with Crippen molar-refractivity contribution in [1.82, 2.24) is 20.2 Å². The zero-order chi connectivity index (χ0) is 22.9. The van der Waals surface area contributed by atoms with Crippen molar-refractivity contribution >= 4 is 28.4 Å². The average molecular weight is 442 g/mol. The van der Waals surface area contributed by atoms with Crippen LogP contribution in [0.2, 0.25) is 0 Å². The van der Waals surface area contributed by atoms with Crippen LogP contribution in [0.5, 0.6) is 0 Å². The maximum absolute atomic E-state index is 13.0. The lowest BCUT2D eigenvalue weighted by Gasteiger charge is -2.36. The molecule has 4 heterocycles. The van der Waals surface area contributed by atoms with Crippen molar-refractivity contribution in [1.29, 1.82) is 0 Å². The van der Waals surface area contributed by atoms with Crippen molar-refractivity contribution < 1.29 is 9.59 Å². The second kappa shape index (κ2) is 8.75. The Hall–Kier alpha value is -3.58. The number of aromatic nitrogens is 2. The molecule has 0 spiro atoms. The molecule has 2 aliphatic heterocycles. The van der Waals surface area contributed by atoms with Crippen molar-refractivity contribution in [3.8, 4) is 11.3 Å². The summed E-state index contributed by atoms with van der Waals surface area (Å²) in [6, 6.07) is 14.3. The summed E-state index contributed by atoms with van der Waals surface area (Å²) in [6.45, 7) is 3.51. The van der Waals surface area contributed by atoms with Crippen LogP contribution in [0, 0.1) is 0 Å². The van der Waals surface area contributed by atoms with Crippen LogP contribution in [0.25, 0.3) is 22.2 Å². The van der Waals surface area contributed by atoms with Crippen molar-refractivity contribution in [2.75, 3.05) is 12.4 Å². The lowest BCUT2D eigenvalue weighted by molar-refractivity contribution is -0.111. The molecule has 0 saturated carbocycles. The number of anilines is 1. The van der Waals surface area contributed by atoms with Gasteiger partial charge in [0.25, 0.3) is 5.91 Å². The van der Waals surface area contributed by atoms with Crippen LogP contribution in [0.3, 0.4) is 0 Å². The van der Waals surface area contributed by atoms with E-state index in [0.717, 1.165) is 29.3 Å². The maximum Gasteiger partial charge on any atom is 0.270 e. The van der Waals surface area contributed by atoms with Gasteiger partial charge < -0.3 is 15.5 Å². The van der Waals surface area contributed by atoms with E-state index in [1.807, 2.05) is 30.3 Å². The fourth-order valence-corrected chi connectivity index (χ4v) is 5.11. The Morgan fingerprint density at radius 1 is 1.12 bits per heavy atom. The first-order valence-corrected chi connectivity index (χ1v) is 11.3. The highest BCUT2D eigenvalue weighted by atomic mass is 16.2. The van der Waals surface area contributed by atoms with Gasteiger partial charge >= 0.3 is 0 Å². The molecule has 0 radical (unpaired) electrons. The molecule has 2 amide bonds. The number of hydrogen-bond acceptors (Lipinski definition) is 5. The molecule has 33 heavy (non-hydrogen) atoms. The number of benzene rings is 1. The molecule has 3 aromatic rings. The van der Waals surface area contributed by atoms with Gasteiger partial charge in [0.15, 0.2) is 0 Å². The Labute approximate surface area is 192 Å². The number of nitrogens with one attached hydrogen (secondary N) is 2. The smallest absolute Gasteiger partial charge is 0.270 e. The number of amides is 2. The highest BCUT2D eigenvalue weighted by Crippen LogP contribution is 2.34. The molecular weight excluding hydrogens is 414 g/mol. The Morgan fingerprint density at radius 3 is 2.67 bits per heavy atom. The molecule has 2 bridgehead atoms. The van der Waals surface area contributed by atoms with E-state index in [0.29, 0.717) is 29.2 Å². The van der Waals surface area contributed by atoms with Crippen LogP contribution in [0.1, 0.15) is 36.2 Å². The van der Waals surface area contributed by atoms with E-state index >= 15 is 0 Å². The molecule has 2 aliphatic rings. The Kier molecular flexibility index (Phi) is 5.64. The van der Waals surface area contributed by atoms with E-state index in [-0.39, 0.29) is 17.9 Å². The summed E-state index contributed by atoms with van der Waals surface area (Å²) in [5.74, 6) is -0.417. The second-order valence-corrected chi connectivity index (χ2v) is 8.88. The number of piperidine rings is 1. The van der Waals surface area contributed by atoms with Gasteiger partial charge in [0.2, 0.25) is 5.91 Å². The van der Waals surface area contributed by atoms with Gasteiger partial charge in [-0.2, -0.15) is 0 Å². The first-order chi connectivity index (χ1) is 16.0. The molecule has 5 rings (SSSR count). The third-order valence-corrected chi connectivity index (χ3v) is 6.90. The summed E-state index contributed by atoms with van der Waals surface area (Å²) in [5, 5.41) is 6.82.